The van der Waals surface area contributed by atoms with Gasteiger partial charge in [-0.25, -0.2) is 0 Å². The molecule has 0 atom stereocenters. The summed E-state index contributed by atoms with van der Waals surface area (Å²) in [7, 11) is 0. The van der Waals surface area contributed by atoms with Gasteiger partial charge in [0.15, 0.2) is 0 Å². The highest BCUT2D eigenvalue weighted by Gasteiger charge is 2.14. The summed E-state index contributed by atoms with van der Waals surface area (Å²) < 4.78 is 0. The fourth-order valence-electron chi connectivity index (χ4n) is 1.46. The van der Waals surface area contributed by atoms with E-state index < -0.39 is 0 Å². The van der Waals surface area contributed by atoms with Crippen molar-refractivity contribution in [3.05, 3.63) is 62.1 Å². The van der Waals surface area contributed by atoms with Crippen molar-refractivity contribution in [1.29, 1.82) is 0 Å². The number of nitrogens with one attached hydrogen (secondary N) is 2. The largest absolute Gasteiger partial charge is 0.295 e. The molecule has 2 rings (SSSR count). The third kappa shape index (κ3) is 3.30. The van der Waals surface area contributed by atoms with Crippen LogP contribution in [0.3, 0.4) is 0 Å². The SMILES string of the molecule is O=C(NNc1c(Cl)c(Cl)cc(Cl)c1Cl)c1ccccc1. The van der Waals surface area contributed by atoms with E-state index in [1.807, 2.05) is 6.07 Å². The molecule has 0 aliphatic heterocycles. The lowest BCUT2D eigenvalue weighted by molar-refractivity contribution is 0.0962. The number of hydrogen-bond donors (Lipinski definition) is 2. The number of carbonyl (C=O) groups is 1. The van der Waals surface area contributed by atoms with Gasteiger partial charge in [-0.3, -0.25) is 15.6 Å². The standard InChI is InChI=1S/C13H8Cl4N2O/c14-8-6-9(15)11(17)12(10(8)16)18-19-13(20)7-4-2-1-3-5-7/h1-6,18H,(H,19,20). The van der Waals surface area contributed by atoms with Gasteiger partial charge in [0.05, 0.1) is 25.8 Å². The van der Waals surface area contributed by atoms with Gasteiger partial charge in [-0.1, -0.05) is 64.6 Å². The molecule has 104 valence electrons. The van der Waals surface area contributed by atoms with Gasteiger partial charge in [0.25, 0.3) is 5.91 Å². The summed E-state index contributed by atoms with van der Waals surface area (Å²) in [6.07, 6.45) is 0. The maximum absolute atomic E-state index is 11.9. The summed E-state index contributed by atoms with van der Waals surface area (Å²) in [6.45, 7) is 0. The van der Waals surface area contributed by atoms with Crippen LogP contribution in [0.4, 0.5) is 5.69 Å². The molecule has 0 aliphatic rings. The molecule has 0 radical (unpaired) electrons. The van der Waals surface area contributed by atoms with Gasteiger partial charge in [-0.15, -0.1) is 0 Å². The molecule has 0 saturated carbocycles. The van der Waals surface area contributed by atoms with Crippen molar-refractivity contribution >= 4 is 58.0 Å². The minimum atomic E-state index is -0.339. The van der Waals surface area contributed by atoms with Gasteiger partial charge in [0.2, 0.25) is 0 Å². The number of benzene rings is 2. The van der Waals surface area contributed by atoms with Crippen molar-refractivity contribution in [1.82, 2.24) is 5.43 Å². The summed E-state index contributed by atoms with van der Waals surface area (Å²) in [6, 6.07) is 10.1. The molecule has 2 aromatic rings. The molecule has 2 aromatic carbocycles. The van der Waals surface area contributed by atoms with E-state index in [0.717, 1.165) is 0 Å². The second-order valence-corrected chi connectivity index (χ2v) is 5.36. The van der Waals surface area contributed by atoms with Crippen LogP contribution in [-0.4, -0.2) is 5.91 Å². The van der Waals surface area contributed by atoms with E-state index in [0.29, 0.717) is 5.56 Å². The highest BCUT2D eigenvalue weighted by Crippen LogP contribution is 2.40. The Kier molecular flexibility index (Phi) is 5.00. The highest BCUT2D eigenvalue weighted by molar-refractivity contribution is 6.50. The monoisotopic (exact) mass is 348 g/mol. The third-order valence-electron chi connectivity index (χ3n) is 2.45. The molecule has 0 fully saturated rings. The van der Waals surface area contributed by atoms with Gasteiger partial charge in [-0.05, 0) is 18.2 Å². The minimum Gasteiger partial charge on any atom is -0.295 e. The van der Waals surface area contributed by atoms with Gasteiger partial charge >= 0.3 is 0 Å². The molecular weight excluding hydrogens is 342 g/mol. The molecule has 0 bridgehead atoms. The predicted octanol–water partition coefficient (Wildman–Crippen LogP) is 5.06. The topological polar surface area (TPSA) is 41.1 Å². The maximum Gasteiger partial charge on any atom is 0.269 e. The Labute approximate surface area is 135 Å². The maximum atomic E-state index is 11.9. The quantitative estimate of drug-likeness (QED) is 0.600. The predicted molar refractivity (Wildman–Crippen MR) is 84.0 cm³/mol. The summed E-state index contributed by atoms with van der Waals surface area (Å²) in [5.41, 5.74) is 5.84. The van der Waals surface area contributed by atoms with Gasteiger partial charge in [-0.2, -0.15) is 0 Å². The van der Waals surface area contributed by atoms with Crippen molar-refractivity contribution in [2.24, 2.45) is 0 Å². The number of hydrogen-bond acceptors (Lipinski definition) is 2. The molecular formula is C13H8Cl4N2O. The fraction of sp³-hybridized carbons (Fsp3) is 0. The first-order chi connectivity index (χ1) is 9.50. The lowest BCUT2D eigenvalue weighted by atomic mass is 10.2. The van der Waals surface area contributed by atoms with E-state index in [1.54, 1.807) is 24.3 Å². The lowest BCUT2D eigenvalue weighted by Crippen LogP contribution is -2.29. The fourth-order valence-corrected chi connectivity index (χ4v) is 2.37. The van der Waals surface area contributed by atoms with Gasteiger partial charge < -0.3 is 0 Å². The number of amides is 1. The summed E-state index contributed by atoms with van der Waals surface area (Å²) in [5, 5.41) is 0.818. The average Bonchev–Trinajstić information content (AvgIpc) is 2.46. The normalized spacial score (nSPS) is 10.2. The van der Waals surface area contributed by atoms with Crippen LogP contribution in [0.1, 0.15) is 10.4 Å². The Morgan fingerprint density at radius 3 is 2.00 bits per heavy atom. The first-order valence-electron chi connectivity index (χ1n) is 5.45. The number of anilines is 1. The summed E-state index contributed by atoms with van der Waals surface area (Å²) in [4.78, 5) is 11.9. The zero-order chi connectivity index (χ0) is 14.7. The lowest BCUT2D eigenvalue weighted by Gasteiger charge is -2.13. The van der Waals surface area contributed by atoms with Crippen LogP contribution in [0.25, 0.3) is 0 Å². The van der Waals surface area contributed by atoms with Crippen LogP contribution in [0.5, 0.6) is 0 Å². The highest BCUT2D eigenvalue weighted by atomic mass is 35.5. The minimum absolute atomic E-state index is 0.175. The second-order valence-electron chi connectivity index (χ2n) is 3.79. The van der Waals surface area contributed by atoms with Crippen LogP contribution < -0.4 is 10.9 Å². The smallest absolute Gasteiger partial charge is 0.269 e. The molecule has 3 nitrogen and oxygen atoms in total. The Bertz CT molecular complexity index is 620. The Hall–Kier alpha value is -1.13. The van der Waals surface area contributed by atoms with E-state index >= 15 is 0 Å². The molecule has 7 heteroatoms. The number of halogens is 4. The molecule has 0 heterocycles. The molecule has 2 N–H and O–H groups in total. The van der Waals surface area contributed by atoms with E-state index in [1.165, 1.54) is 6.07 Å². The van der Waals surface area contributed by atoms with Crippen molar-refractivity contribution in [2.45, 2.75) is 0 Å². The van der Waals surface area contributed by atoms with Crippen LogP contribution in [0.2, 0.25) is 20.1 Å². The van der Waals surface area contributed by atoms with Crippen molar-refractivity contribution < 1.29 is 4.79 Å². The first-order valence-corrected chi connectivity index (χ1v) is 6.96. The van der Waals surface area contributed by atoms with Crippen molar-refractivity contribution in [3.63, 3.8) is 0 Å². The zero-order valence-electron chi connectivity index (χ0n) is 9.88. The zero-order valence-corrected chi connectivity index (χ0v) is 12.9. The van der Waals surface area contributed by atoms with Crippen LogP contribution >= 0.6 is 46.4 Å². The summed E-state index contributed by atoms with van der Waals surface area (Å²) in [5.74, 6) is -0.339. The summed E-state index contributed by atoms with van der Waals surface area (Å²) >= 11 is 23.8. The number of rotatable bonds is 3. The second kappa shape index (κ2) is 6.55. The van der Waals surface area contributed by atoms with E-state index in [9.17, 15) is 4.79 Å². The van der Waals surface area contributed by atoms with E-state index in [4.69, 9.17) is 46.4 Å². The van der Waals surface area contributed by atoms with E-state index in [2.05, 4.69) is 10.9 Å². The Morgan fingerprint density at radius 2 is 1.45 bits per heavy atom. The molecule has 20 heavy (non-hydrogen) atoms. The Morgan fingerprint density at radius 1 is 0.900 bits per heavy atom. The van der Waals surface area contributed by atoms with Crippen LogP contribution in [0.15, 0.2) is 36.4 Å². The Balaban J connectivity index is 2.18. The molecule has 1 amide bonds. The van der Waals surface area contributed by atoms with Crippen molar-refractivity contribution in [3.8, 4) is 0 Å². The molecule has 0 spiro atoms. The van der Waals surface area contributed by atoms with Crippen LogP contribution in [-0.2, 0) is 0 Å². The number of hydrazine groups is 1. The molecule has 0 aromatic heterocycles. The third-order valence-corrected chi connectivity index (χ3v) is 4.02. The molecule has 0 saturated heterocycles. The van der Waals surface area contributed by atoms with Gasteiger partial charge in [0.1, 0.15) is 0 Å². The van der Waals surface area contributed by atoms with Gasteiger partial charge in [0, 0.05) is 5.56 Å². The van der Waals surface area contributed by atoms with Crippen molar-refractivity contribution in [2.75, 3.05) is 5.43 Å². The first kappa shape index (κ1) is 15.3. The molecule has 0 unspecified atom stereocenters. The van der Waals surface area contributed by atoms with Crippen LogP contribution in [0, 0.1) is 0 Å². The van der Waals surface area contributed by atoms with E-state index in [-0.39, 0.29) is 31.7 Å². The number of carbonyl (C=O) groups excluding carboxylic acids is 1. The average molecular weight is 350 g/mol. The molecule has 0 aliphatic carbocycles.